The van der Waals surface area contributed by atoms with E-state index in [1.807, 2.05) is 0 Å². The van der Waals surface area contributed by atoms with E-state index in [2.05, 4.69) is 123 Å². The minimum atomic E-state index is -0.553. The molecule has 0 amide bonds. The molecule has 4 aromatic rings. The molecule has 0 aliphatic rings. The highest BCUT2D eigenvalue weighted by atomic mass is 16.7. The van der Waals surface area contributed by atoms with Gasteiger partial charge in [0.05, 0.1) is 13.2 Å². The third-order valence-corrected chi connectivity index (χ3v) is 8.46. The number of aryl methyl sites for hydroxylation is 2. The molecule has 232 valence electrons. The van der Waals surface area contributed by atoms with Gasteiger partial charge in [0.1, 0.15) is 0 Å². The van der Waals surface area contributed by atoms with Gasteiger partial charge >= 0.3 is 6.16 Å². The van der Waals surface area contributed by atoms with Gasteiger partial charge in [-0.15, -0.1) is 0 Å². The van der Waals surface area contributed by atoms with Crippen LogP contribution in [0.15, 0.2) is 109 Å². The van der Waals surface area contributed by atoms with Crippen LogP contribution in [0, 0.1) is 0 Å². The van der Waals surface area contributed by atoms with Gasteiger partial charge in [0.15, 0.2) is 0 Å². The first-order chi connectivity index (χ1) is 21.7. The van der Waals surface area contributed by atoms with Gasteiger partial charge < -0.3 is 9.47 Å². The Kier molecular flexibility index (Phi) is 14.1. The van der Waals surface area contributed by atoms with Crippen molar-refractivity contribution < 1.29 is 14.3 Å². The Morgan fingerprint density at radius 1 is 0.500 bits per heavy atom. The zero-order valence-corrected chi connectivity index (χ0v) is 26.8. The van der Waals surface area contributed by atoms with Crippen LogP contribution >= 0.6 is 0 Å². The highest BCUT2D eigenvalue weighted by molar-refractivity contribution is 5.59. The van der Waals surface area contributed by atoms with E-state index in [4.69, 9.17) is 9.47 Å². The average Bonchev–Trinajstić information content (AvgIpc) is 3.06. The van der Waals surface area contributed by atoms with E-state index in [0.717, 1.165) is 64.2 Å². The van der Waals surface area contributed by atoms with Crippen LogP contribution in [0.5, 0.6) is 0 Å². The van der Waals surface area contributed by atoms with Crippen molar-refractivity contribution in [2.24, 2.45) is 0 Å². The molecular formula is C41H50O3. The standard InChI is InChI=1S/C41H50O3/c1-3-15-33-23-27-37(28-24-33)39(35-17-7-5-8-18-35)21-11-13-31-43-41(42)44-32-14-12-22-40(36-19-9-6-10-20-36)38-29-25-34(16-4-2)26-30-38/h5-10,17-20,23-30,39-40H,3-4,11-16,21-22,31-32H2,1-2H3. The molecule has 44 heavy (non-hydrogen) atoms. The molecule has 4 rings (SSSR count). The van der Waals surface area contributed by atoms with Crippen molar-refractivity contribution in [1.29, 1.82) is 0 Å². The molecular weight excluding hydrogens is 540 g/mol. The molecule has 0 radical (unpaired) electrons. The van der Waals surface area contributed by atoms with E-state index >= 15 is 0 Å². The van der Waals surface area contributed by atoms with Gasteiger partial charge in [0.2, 0.25) is 0 Å². The lowest BCUT2D eigenvalue weighted by molar-refractivity contribution is 0.0528. The minimum Gasteiger partial charge on any atom is -0.434 e. The second-order valence-corrected chi connectivity index (χ2v) is 11.8. The van der Waals surface area contributed by atoms with Crippen LogP contribution in [0.2, 0.25) is 0 Å². The van der Waals surface area contributed by atoms with Crippen LogP contribution in [0.4, 0.5) is 4.79 Å². The first kappa shape index (κ1) is 33.1. The molecule has 0 aliphatic heterocycles. The molecule has 0 spiro atoms. The Hall–Kier alpha value is -3.85. The highest BCUT2D eigenvalue weighted by Crippen LogP contribution is 2.31. The van der Waals surface area contributed by atoms with Crippen molar-refractivity contribution in [3.05, 3.63) is 143 Å². The predicted molar refractivity (Wildman–Crippen MR) is 182 cm³/mol. The van der Waals surface area contributed by atoms with Crippen LogP contribution in [0.1, 0.15) is 110 Å². The molecule has 0 heterocycles. The van der Waals surface area contributed by atoms with E-state index in [0.29, 0.717) is 25.0 Å². The van der Waals surface area contributed by atoms with Crippen LogP contribution < -0.4 is 0 Å². The number of benzene rings is 4. The van der Waals surface area contributed by atoms with Gasteiger partial charge in [-0.25, -0.2) is 4.79 Å². The maximum absolute atomic E-state index is 12.2. The zero-order valence-electron chi connectivity index (χ0n) is 26.8. The van der Waals surface area contributed by atoms with E-state index < -0.39 is 6.16 Å². The summed E-state index contributed by atoms with van der Waals surface area (Å²) >= 11 is 0. The third-order valence-electron chi connectivity index (χ3n) is 8.46. The molecule has 4 aromatic carbocycles. The van der Waals surface area contributed by atoms with Gasteiger partial charge in [-0.05, 0) is 84.7 Å². The molecule has 0 aliphatic carbocycles. The SMILES string of the molecule is CCCc1ccc(C(CCCCOC(=O)OCCCCC(c2ccccc2)c2ccc(CCC)cc2)c2ccccc2)cc1. The summed E-state index contributed by atoms with van der Waals surface area (Å²) in [6.07, 6.45) is 9.62. The number of hydrogen-bond acceptors (Lipinski definition) is 3. The normalized spacial score (nSPS) is 12.4. The van der Waals surface area contributed by atoms with E-state index in [1.165, 1.54) is 33.4 Å². The summed E-state index contributed by atoms with van der Waals surface area (Å²) in [5, 5.41) is 0. The lowest BCUT2D eigenvalue weighted by Gasteiger charge is -2.19. The Balaban J connectivity index is 1.17. The van der Waals surface area contributed by atoms with Gasteiger partial charge in [-0.2, -0.15) is 0 Å². The molecule has 0 N–H and O–H groups in total. The van der Waals surface area contributed by atoms with Crippen LogP contribution in [0.25, 0.3) is 0 Å². The van der Waals surface area contributed by atoms with Crippen molar-refractivity contribution in [3.8, 4) is 0 Å². The molecule has 0 bridgehead atoms. The monoisotopic (exact) mass is 590 g/mol. The summed E-state index contributed by atoms with van der Waals surface area (Å²) in [5.41, 5.74) is 8.14. The first-order valence-electron chi connectivity index (χ1n) is 16.7. The van der Waals surface area contributed by atoms with Crippen molar-refractivity contribution >= 4 is 6.16 Å². The summed E-state index contributed by atoms with van der Waals surface area (Å²) in [7, 11) is 0. The maximum atomic E-state index is 12.2. The van der Waals surface area contributed by atoms with E-state index in [-0.39, 0.29) is 0 Å². The zero-order chi connectivity index (χ0) is 30.8. The number of unbranched alkanes of at least 4 members (excludes halogenated alkanes) is 2. The molecule has 2 atom stereocenters. The van der Waals surface area contributed by atoms with E-state index in [9.17, 15) is 4.79 Å². The van der Waals surface area contributed by atoms with Crippen molar-refractivity contribution in [2.75, 3.05) is 13.2 Å². The molecule has 3 heteroatoms. The fraction of sp³-hybridized carbons (Fsp3) is 0.390. The van der Waals surface area contributed by atoms with Crippen molar-refractivity contribution in [1.82, 2.24) is 0 Å². The lowest BCUT2D eigenvalue weighted by atomic mass is 9.86. The predicted octanol–water partition coefficient (Wildman–Crippen LogP) is 11.0. The topological polar surface area (TPSA) is 35.5 Å². The van der Waals surface area contributed by atoms with Gasteiger partial charge in [-0.1, -0.05) is 136 Å². The number of hydrogen-bond donors (Lipinski definition) is 0. The smallest absolute Gasteiger partial charge is 0.434 e. The summed E-state index contributed by atoms with van der Waals surface area (Å²) < 4.78 is 10.8. The Labute approximate surface area is 265 Å². The molecule has 2 unspecified atom stereocenters. The average molecular weight is 591 g/mol. The highest BCUT2D eigenvalue weighted by Gasteiger charge is 2.16. The quantitative estimate of drug-likeness (QED) is 0.0854. The van der Waals surface area contributed by atoms with Crippen LogP contribution in [-0.2, 0) is 22.3 Å². The Bertz CT molecular complexity index is 1230. The van der Waals surface area contributed by atoms with Crippen LogP contribution in [0.3, 0.4) is 0 Å². The number of ether oxygens (including phenoxy) is 2. The first-order valence-corrected chi connectivity index (χ1v) is 16.7. The van der Waals surface area contributed by atoms with Crippen molar-refractivity contribution in [2.45, 2.75) is 89.9 Å². The molecule has 0 fully saturated rings. The second kappa shape index (κ2) is 18.7. The number of rotatable bonds is 18. The largest absolute Gasteiger partial charge is 0.508 e. The van der Waals surface area contributed by atoms with Crippen molar-refractivity contribution in [3.63, 3.8) is 0 Å². The lowest BCUT2D eigenvalue weighted by Crippen LogP contribution is -2.10. The summed E-state index contributed by atoms with van der Waals surface area (Å²) in [4.78, 5) is 12.2. The fourth-order valence-electron chi connectivity index (χ4n) is 6.09. The molecule has 3 nitrogen and oxygen atoms in total. The van der Waals surface area contributed by atoms with Gasteiger partial charge in [0, 0.05) is 11.8 Å². The summed E-state index contributed by atoms with van der Waals surface area (Å²) in [5.74, 6) is 0.681. The maximum Gasteiger partial charge on any atom is 0.508 e. The Morgan fingerprint density at radius 2 is 0.864 bits per heavy atom. The number of carbonyl (C=O) groups excluding carboxylic acids is 1. The Morgan fingerprint density at radius 3 is 1.23 bits per heavy atom. The third kappa shape index (κ3) is 10.7. The minimum absolute atomic E-state index is 0.341. The van der Waals surface area contributed by atoms with E-state index in [1.54, 1.807) is 0 Å². The summed E-state index contributed by atoms with van der Waals surface area (Å²) in [6.45, 7) is 5.21. The van der Waals surface area contributed by atoms with Gasteiger partial charge in [-0.3, -0.25) is 0 Å². The van der Waals surface area contributed by atoms with Gasteiger partial charge in [0.25, 0.3) is 0 Å². The summed E-state index contributed by atoms with van der Waals surface area (Å²) in [6, 6.07) is 39.6. The molecule has 0 saturated carbocycles. The fourth-order valence-corrected chi connectivity index (χ4v) is 6.09. The second-order valence-electron chi connectivity index (χ2n) is 11.8. The molecule has 0 aromatic heterocycles. The number of carbonyl (C=O) groups is 1. The molecule has 0 saturated heterocycles. The van der Waals surface area contributed by atoms with Crippen LogP contribution in [-0.4, -0.2) is 19.4 Å².